The molecule has 3 nitrogen and oxygen atoms in total. The van der Waals surface area contributed by atoms with E-state index in [0.717, 1.165) is 25.0 Å². The SMILES string of the molecule is CC.O=C1C[C@@H](Cc2ccccc2)CC1Cc1ccncn1. The van der Waals surface area contributed by atoms with E-state index in [1.807, 2.05) is 26.0 Å². The van der Waals surface area contributed by atoms with Gasteiger partial charge in [0.1, 0.15) is 12.1 Å². The molecule has 0 radical (unpaired) electrons. The highest BCUT2D eigenvalue weighted by atomic mass is 16.1. The van der Waals surface area contributed by atoms with Gasteiger partial charge in [-0.3, -0.25) is 4.79 Å². The van der Waals surface area contributed by atoms with E-state index in [0.29, 0.717) is 18.1 Å². The number of carbonyl (C=O) groups is 1. The minimum atomic E-state index is 0.138. The molecule has 1 aromatic carbocycles. The Balaban J connectivity index is 0.000000847. The van der Waals surface area contributed by atoms with Crippen LogP contribution in [0.2, 0.25) is 0 Å². The fourth-order valence-corrected chi connectivity index (χ4v) is 3.06. The van der Waals surface area contributed by atoms with Gasteiger partial charge in [-0.05, 0) is 36.8 Å². The molecule has 3 rings (SSSR count). The number of benzene rings is 1. The van der Waals surface area contributed by atoms with Gasteiger partial charge in [0.15, 0.2) is 0 Å². The molecule has 1 aromatic heterocycles. The van der Waals surface area contributed by atoms with E-state index in [9.17, 15) is 4.79 Å². The molecule has 1 fully saturated rings. The summed E-state index contributed by atoms with van der Waals surface area (Å²) in [6, 6.07) is 12.3. The molecular weight excluding hydrogens is 272 g/mol. The number of hydrogen-bond acceptors (Lipinski definition) is 3. The van der Waals surface area contributed by atoms with Gasteiger partial charge < -0.3 is 0 Å². The van der Waals surface area contributed by atoms with Crippen LogP contribution in [0.3, 0.4) is 0 Å². The minimum Gasteiger partial charge on any atom is -0.299 e. The summed E-state index contributed by atoms with van der Waals surface area (Å²) in [7, 11) is 0. The van der Waals surface area contributed by atoms with Crippen molar-refractivity contribution in [3.63, 3.8) is 0 Å². The fourth-order valence-electron chi connectivity index (χ4n) is 3.06. The normalized spacial score (nSPS) is 20.4. The average molecular weight is 296 g/mol. The number of Topliss-reactive ketones (excluding diaryl/α,β-unsaturated/α-hetero) is 1. The second-order valence-electron chi connectivity index (χ2n) is 5.56. The maximum Gasteiger partial charge on any atom is 0.136 e. The molecule has 1 aliphatic rings. The smallest absolute Gasteiger partial charge is 0.136 e. The monoisotopic (exact) mass is 296 g/mol. The van der Waals surface area contributed by atoms with Crippen molar-refractivity contribution in [2.75, 3.05) is 0 Å². The molecule has 1 heterocycles. The van der Waals surface area contributed by atoms with Crippen LogP contribution >= 0.6 is 0 Å². The summed E-state index contributed by atoms with van der Waals surface area (Å²) in [6.45, 7) is 4.00. The van der Waals surface area contributed by atoms with E-state index < -0.39 is 0 Å². The Morgan fingerprint density at radius 2 is 1.86 bits per heavy atom. The third-order valence-electron chi connectivity index (χ3n) is 4.03. The van der Waals surface area contributed by atoms with Crippen molar-refractivity contribution in [2.24, 2.45) is 11.8 Å². The van der Waals surface area contributed by atoms with Crippen molar-refractivity contribution in [1.29, 1.82) is 0 Å². The van der Waals surface area contributed by atoms with Crippen molar-refractivity contribution < 1.29 is 4.79 Å². The zero-order valence-electron chi connectivity index (χ0n) is 13.4. The first-order valence-electron chi connectivity index (χ1n) is 8.13. The molecule has 0 amide bonds. The Hall–Kier alpha value is -2.03. The van der Waals surface area contributed by atoms with Crippen LogP contribution in [-0.4, -0.2) is 15.8 Å². The Kier molecular flexibility index (Phi) is 6.26. The van der Waals surface area contributed by atoms with Gasteiger partial charge >= 0.3 is 0 Å². The molecule has 2 atom stereocenters. The topological polar surface area (TPSA) is 42.9 Å². The van der Waals surface area contributed by atoms with Crippen LogP contribution in [-0.2, 0) is 17.6 Å². The van der Waals surface area contributed by atoms with Crippen LogP contribution in [0, 0.1) is 11.8 Å². The van der Waals surface area contributed by atoms with E-state index in [1.54, 1.807) is 12.5 Å². The lowest BCUT2D eigenvalue weighted by molar-refractivity contribution is -0.120. The van der Waals surface area contributed by atoms with Crippen molar-refractivity contribution in [3.05, 3.63) is 60.2 Å². The van der Waals surface area contributed by atoms with Gasteiger partial charge in [0, 0.05) is 24.2 Å². The first-order chi connectivity index (χ1) is 10.8. The molecule has 0 N–H and O–H groups in total. The van der Waals surface area contributed by atoms with Crippen molar-refractivity contribution >= 4 is 5.78 Å². The van der Waals surface area contributed by atoms with E-state index in [1.165, 1.54) is 5.56 Å². The summed E-state index contributed by atoms with van der Waals surface area (Å²) in [5.74, 6) is 1.01. The van der Waals surface area contributed by atoms with Gasteiger partial charge in [-0.15, -0.1) is 0 Å². The summed E-state index contributed by atoms with van der Waals surface area (Å²) in [5, 5.41) is 0. The van der Waals surface area contributed by atoms with Gasteiger partial charge in [-0.2, -0.15) is 0 Å². The Bertz CT molecular complexity index is 569. The molecule has 0 saturated heterocycles. The highest BCUT2D eigenvalue weighted by Gasteiger charge is 2.32. The molecule has 1 aliphatic carbocycles. The summed E-state index contributed by atoms with van der Waals surface area (Å²) in [6.07, 6.45) is 6.75. The third kappa shape index (κ3) is 4.48. The highest BCUT2D eigenvalue weighted by Crippen LogP contribution is 2.32. The lowest BCUT2D eigenvalue weighted by Crippen LogP contribution is -2.10. The number of carbonyl (C=O) groups excluding carboxylic acids is 1. The van der Waals surface area contributed by atoms with E-state index >= 15 is 0 Å². The standard InChI is InChI=1S/C17H18N2O.C2H6/c20-17-10-14(8-13-4-2-1-3-5-13)9-15(17)11-16-6-7-18-12-19-16;1-2/h1-7,12,14-15H,8-11H2;1-2H3/t14-,15?;/m0./s1. The van der Waals surface area contributed by atoms with Crippen LogP contribution < -0.4 is 0 Å². The summed E-state index contributed by atoms with van der Waals surface area (Å²) < 4.78 is 0. The van der Waals surface area contributed by atoms with Crippen LogP contribution in [0.1, 0.15) is 37.9 Å². The molecule has 0 bridgehead atoms. The maximum absolute atomic E-state index is 12.1. The van der Waals surface area contributed by atoms with Gasteiger partial charge in [0.05, 0.1) is 0 Å². The Labute approximate surface area is 132 Å². The van der Waals surface area contributed by atoms with E-state index in [2.05, 4.69) is 34.2 Å². The van der Waals surface area contributed by atoms with Crippen LogP contribution in [0.5, 0.6) is 0 Å². The molecular formula is C19H24N2O. The summed E-state index contributed by atoms with van der Waals surface area (Å²) in [5.41, 5.74) is 2.30. The first-order valence-corrected chi connectivity index (χ1v) is 8.13. The number of aromatic nitrogens is 2. The predicted molar refractivity (Wildman–Crippen MR) is 88.5 cm³/mol. The third-order valence-corrected chi connectivity index (χ3v) is 4.03. The summed E-state index contributed by atoms with van der Waals surface area (Å²) in [4.78, 5) is 20.3. The number of ketones is 1. The van der Waals surface area contributed by atoms with Gasteiger partial charge in [0.2, 0.25) is 0 Å². The largest absolute Gasteiger partial charge is 0.299 e. The zero-order valence-corrected chi connectivity index (χ0v) is 13.4. The lowest BCUT2D eigenvalue weighted by atomic mass is 9.95. The molecule has 2 aromatic rings. The average Bonchev–Trinajstić information content (AvgIpc) is 2.91. The molecule has 1 saturated carbocycles. The van der Waals surface area contributed by atoms with Crippen LogP contribution in [0.25, 0.3) is 0 Å². The van der Waals surface area contributed by atoms with Crippen LogP contribution in [0.15, 0.2) is 48.9 Å². The number of hydrogen-bond donors (Lipinski definition) is 0. The maximum atomic E-state index is 12.1. The molecule has 1 unspecified atom stereocenters. The van der Waals surface area contributed by atoms with E-state index in [4.69, 9.17) is 0 Å². The lowest BCUT2D eigenvalue weighted by Gasteiger charge is -2.10. The predicted octanol–water partition coefficient (Wildman–Crippen LogP) is 3.88. The van der Waals surface area contributed by atoms with Crippen molar-refractivity contribution in [1.82, 2.24) is 9.97 Å². The van der Waals surface area contributed by atoms with Crippen LogP contribution in [0.4, 0.5) is 0 Å². The van der Waals surface area contributed by atoms with Crippen molar-refractivity contribution in [3.8, 4) is 0 Å². The number of nitrogens with zero attached hydrogens (tertiary/aromatic N) is 2. The quantitative estimate of drug-likeness (QED) is 0.860. The Morgan fingerprint density at radius 1 is 1.09 bits per heavy atom. The van der Waals surface area contributed by atoms with Gasteiger partial charge in [0.25, 0.3) is 0 Å². The fraction of sp³-hybridized carbons (Fsp3) is 0.421. The van der Waals surface area contributed by atoms with Gasteiger partial charge in [-0.25, -0.2) is 9.97 Å². The molecule has 116 valence electrons. The van der Waals surface area contributed by atoms with Crippen molar-refractivity contribution in [2.45, 2.75) is 39.5 Å². The molecule has 0 spiro atoms. The zero-order chi connectivity index (χ0) is 15.8. The Morgan fingerprint density at radius 3 is 2.55 bits per heavy atom. The second-order valence-corrected chi connectivity index (χ2v) is 5.56. The minimum absolute atomic E-state index is 0.138. The van der Waals surface area contributed by atoms with Gasteiger partial charge in [-0.1, -0.05) is 44.2 Å². The highest BCUT2D eigenvalue weighted by molar-refractivity contribution is 5.83. The van der Waals surface area contributed by atoms with E-state index in [-0.39, 0.29) is 5.92 Å². The molecule has 0 aliphatic heterocycles. The summed E-state index contributed by atoms with van der Waals surface area (Å²) >= 11 is 0. The second kappa shape index (κ2) is 8.42. The molecule has 22 heavy (non-hydrogen) atoms. The first kappa shape index (κ1) is 16.3. The number of rotatable bonds is 4. The molecule has 3 heteroatoms.